The third-order valence-electron chi connectivity index (χ3n) is 3.66. The number of hydrogen-bond donors (Lipinski definition) is 1. The van der Waals surface area contributed by atoms with Crippen LogP contribution in [0.4, 0.5) is 5.95 Å². The van der Waals surface area contributed by atoms with E-state index in [1.165, 1.54) is 16.7 Å². The summed E-state index contributed by atoms with van der Waals surface area (Å²) in [7, 11) is 0. The molecule has 0 atom stereocenters. The quantitative estimate of drug-likeness (QED) is 0.587. The molecular weight excluding hydrogens is 429 g/mol. The maximum Gasteiger partial charge on any atom is 0.201 e. The summed E-state index contributed by atoms with van der Waals surface area (Å²) in [5.41, 5.74) is 11.8. The number of halogens is 3. The van der Waals surface area contributed by atoms with E-state index in [9.17, 15) is 0 Å². The Hall–Kier alpha value is -1.04. The highest BCUT2D eigenvalue weighted by atomic mass is 79.9. The first kappa shape index (κ1) is 17.3. The highest BCUT2D eigenvalue weighted by Crippen LogP contribution is 2.25. The van der Waals surface area contributed by atoms with Gasteiger partial charge in [-0.1, -0.05) is 31.9 Å². The van der Waals surface area contributed by atoms with Crippen LogP contribution in [0.5, 0.6) is 0 Å². The molecule has 1 aromatic heterocycles. The molecule has 0 saturated carbocycles. The first-order valence-electron chi connectivity index (χ1n) is 6.62. The van der Waals surface area contributed by atoms with Crippen molar-refractivity contribution in [2.75, 3.05) is 5.73 Å². The van der Waals surface area contributed by atoms with Gasteiger partial charge < -0.3 is 10.3 Å². The molecule has 0 bridgehead atoms. The summed E-state index contributed by atoms with van der Waals surface area (Å²) in [6.07, 6.45) is 0. The van der Waals surface area contributed by atoms with Gasteiger partial charge in [-0.2, -0.15) is 0 Å². The topological polar surface area (TPSA) is 43.8 Å². The molecule has 0 fully saturated rings. The Morgan fingerprint density at radius 1 is 1.00 bits per heavy atom. The molecule has 1 heterocycles. The van der Waals surface area contributed by atoms with Gasteiger partial charge in [0, 0.05) is 8.95 Å². The number of fused-ring (bicyclic) bond motifs is 1. The van der Waals surface area contributed by atoms with Crippen molar-refractivity contribution in [2.45, 2.75) is 20.4 Å². The van der Waals surface area contributed by atoms with Crippen LogP contribution in [0, 0.1) is 13.8 Å². The second-order valence-corrected chi connectivity index (χ2v) is 7.09. The largest absolute Gasteiger partial charge is 0.369 e. The third-order valence-corrected chi connectivity index (χ3v) is 4.57. The van der Waals surface area contributed by atoms with Crippen LogP contribution in [0.3, 0.4) is 0 Å². The van der Waals surface area contributed by atoms with Crippen molar-refractivity contribution in [3.8, 4) is 0 Å². The van der Waals surface area contributed by atoms with Crippen LogP contribution >= 0.6 is 44.3 Å². The van der Waals surface area contributed by atoms with Crippen molar-refractivity contribution >= 4 is 61.2 Å². The van der Waals surface area contributed by atoms with Gasteiger partial charge in [0.25, 0.3) is 0 Å². The number of nitrogens with two attached hydrogens (primary N) is 1. The molecule has 3 nitrogen and oxygen atoms in total. The SMILES string of the molecule is Cc1cc2nc(N)n(Cc3cc(Br)cc(Br)c3)c2cc1C.Cl. The summed E-state index contributed by atoms with van der Waals surface area (Å²) >= 11 is 7.04. The van der Waals surface area contributed by atoms with Crippen LogP contribution in [0.1, 0.15) is 16.7 Å². The van der Waals surface area contributed by atoms with Gasteiger partial charge in [0.1, 0.15) is 0 Å². The molecular formula is C16H16Br2ClN3. The van der Waals surface area contributed by atoms with E-state index in [2.05, 4.69) is 79.5 Å². The van der Waals surface area contributed by atoms with Gasteiger partial charge in [0.05, 0.1) is 17.6 Å². The molecule has 22 heavy (non-hydrogen) atoms. The van der Waals surface area contributed by atoms with Crippen LogP contribution in [-0.2, 0) is 6.54 Å². The van der Waals surface area contributed by atoms with Crippen molar-refractivity contribution in [2.24, 2.45) is 0 Å². The predicted octanol–water partition coefficient (Wildman–Crippen LogP) is 5.23. The van der Waals surface area contributed by atoms with Crippen LogP contribution in [-0.4, -0.2) is 9.55 Å². The van der Waals surface area contributed by atoms with E-state index in [-0.39, 0.29) is 12.4 Å². The Bertz CT molecular complexity index is 823. The minimum Gasteiger partial charge on any atom is -0.369 e. The normalized spacial score (nSPS) is 10.7. The maximum atomic E-state index is 6.11. The van der Waals surface area contributed by atoms with E-state index in [1.807, 2.05) is 6.07 Å². The van der Waals surface area contributed by atoms with E-state index in [4.69, 9.17) is 5.73 Å². The zero-order valence-electron chi connectivity index (χ0n) is 12.2. The van der Waals surface area contributed by atoms with Crippen molar-refractivity contribution in [3.05, 3.63) is 56.0 Å². The number of aryl methyl sites for hydroxylation is 2. The molecule has 2 N–H and O–H groups in total. The Labute approximate surface area is 152 Å². The summed E-state index contributed by atoms with van der Waals surface area (Å²) in [5, 5.41) is 0. The molecule has 0 unspecified atom stereocenters. The lowest BCUT2D eigenvalue weighted by Crippen LogP contribution is -2.04. The number of nitrogens with zero attached hydrogens (tertiary/aromatic N) is 2. The smallest absolute Gasteiger partial charge is 0.201 e. The number of aromatic nitrogens is 2. The monoisotopic (exact) mass is 443 g/mol. The lowest BCUT2D eigenvalue weighted by molar-refractivity contribution is 0.837. The van der Waals surface area contributed by atoms with E-state index in [0.717, 1.165) is 20.0 Å². The molecule has 0 spiro atoms. The van der Waals surface area contributed by atoms with Crippen LogP contribution in [0.2, 0.25) is 0 Å². The summed E-state index contributed by atoms with van der Waals surface area (Å²) < 4.78 is 4.14. The first-order valence-corrected chi connectivity index (χ1v) is 8.20. The fraction of sp³-hybridized carbons (Fsp3) is 0.188. The van der Waals surface area contributed by atoms with Crippen molar-refractivity contribution in [1.29, 1.82) is 0 Å². The minimum atomic E-state index is 0. The lowest BCUT2D eigenvalue weighted by atomic mass is 10.1. The standard InChI is InChI=1S/C16H15Br2N3.ClH/c1-9-3-14-15(4-10(9)2)21(16(19)20-14)8-11-5-12(17)7-13(18)6-11;/h3-7H,8H2,1-2H3,(H2,19,20);1H. The summed E-state index contributed by atoms with van der Waals surface area (Å²) in [6.45, 7) is 4.90. The Morgan fingerprint density at radius 2 is 1.59 bits per heavy atom. The number of rotatable bonds is 2. The van der Waals surface area contributed by atoms with Crippen LogP contribution < -0.4 is 5.73 Å². The zero-order valence-corrected chi connectivity index (χ0v) is 16.2. The molecule has 3 aromatic rings. The zero-order chi connectivity index (χ0) is 15.1. The van der Waals surface area contributed by atoms with Crippen molar-refractivity contribution in [3.63, 3.8) is 0 Å². The molecule has 3 rings (SSSR count). The fourth-order valence-electron chi connectivity index (χ4n) is 2.45. The molecule has 2 aromatic carbocycles. The number of hydrogen-bond acceptors (Lipinski definition) is 2. The van der Waals surface area contributed by atoms with Gasteiger partial charge in [-0.05, 0) is 60.9 Å². The molecule has 6 heteroatoms. The van der Waals surface area contributed by atoms with E-state index in [0.29, 0.717) is 12.5 Å². The molecule has 0 radical (unpaired) electrons. The van der Waals surface area contributed by atoms with Crippen molar-refractivity contribution < 1.29 is 0 Å². The van der Waals surface area contributed by atoms with E-state index >= 15 is 0 Å². The highest BCUT2D eigenvalue weighted by Gasteiger charge is 2.10. The maximum absolute atomic E-state index is 6.11. The lowest BCUT2D eigenvalue weighted by Gasteiger charge is -2.09. The molecule has 0 amide bonds. The minimum absolute atomic E-state index is 0. The Balaban J connectivity index is 0.00000176. The number of imidazole rings is 1. The van der Waals surface area contributed by atoms with Gasteiger partial charge >= 0.3 is 0 Å². The van der Waals surface area contributed by atoms with Gasteiger partial charge in [0.15, 0.2) is 0 Å². The average molecular weight is 446 g/mol. The number of nitrogen functional groups attached to an aromatic ring is 1. The van der Waals surface area contributed by atoms with E-state index < -0.39 is 0 Å². The van der Waals surface area contributed by atoms with Gasteiger partial charge in [-0.25, -0.2) is 4.98 Å². The Morgan fingerprint density at radius 3 is 2.23 bits per heavy atom. The number of benzene rings is 2. The average Bonchev–Trinajstić information content (AvgIpc) is 2.65. The second-order valence-electron chi connectivity index (χ2n) is 5.26. The molecule has 0 aliphatic rings. The predicted molar refractivity (Wildman–Crippen MR) is 102 cm³/mol. The van der Waals surface area contributed by atoms with E-state index in [1.54, 1.807) is 0 Å². The Kier molecular flexibility index (Phi) is 5.20. The molecule has 0 aliphatic carbocycles. The number of anilines is 1. The summed E-state index contributed by atoms with van der Waals surface area (Å²) in [6, 6.07) is 10.5. The van der Waals surface area contributed by atoms with Crippen molar-refractivity contribution in [1.82, 2.24) is 9.55 Å². The van der Waals surface area contributed by atoms with Crippen LogP contribution in [0.15, 0.2) is 39.3 Å². The second kappa shape index (κ2) is 6.60. The highest BCUT2D eigenvalue weighted by molar-refractivity contribution is 9.11. The molecule has 116 valence electrons. The molecule has 0 aliphatic heterocycles. The third kappa shape index (κ3) is 3.31. The van der Waals surface area contributed by atoms with Gasteiger partial charge in [0.2, 0.25) is 5.95 Å². The van der Waals surface area contributed by atoms with Gasteiger partial charge in [-0.3, -0.25) is 0 Å². The van der Waals surface area contributed by atoms with Gasteiger partial charge in [-0.15, -0.1) is 12.4 Å². The molecule has 0 saturated heterocycles. The first-order chi connectivity index (χ1) is 9.94. The van der Waals surface area contributed by atoms with Crippen LogP contribution in [0.25, 0.3) is 11.0 Å². The fourth-order valence-corrected chi connectivity index (χ4v) is 3.84. The summed E-state index contributed by atoms with van der Waals surface area (Å²) in [4.78, 5) is 4.47. The summed E-state index contributed by atoms with van der Waals surface area (Å²) in [5.74, 6) is 0.547.